The molecule has 3 aromatic rings. The average molecular weight is 345 g/mol. The Kier molecular flexibility index (Phi) is 4.23. The van der Waals surface area contributed by atoms with Crippen LogP contribution in [0.5, 0.6) is 0 Å². The third kappa shape index (κ3) is 2.88. The van der Waals surface area contributed by atoms with E-state index in [1.807, 2.05) is 6.92 Å². The SMILES string of the molecule is CCc1c(C)noc1-c1ccc2c(c1)CCc1cc(CC(C)=O)ccc1-2. The van der Waals surface area contributed by atoms with Crippen molar-refractivity contribution in [1.29, 1.82) is 0 Å². The maximum absolute atomic E-state index is 11.4. The lowest BCUT2D eigenvalue weighted by molar-refractivity contribution is -0.116. The molecule has 0 unspecified atom stereocenters. The Morgan fingerprint density at radius 1 is 1.08 bits per heavy atom. The third-order valence-corrected chi connectivity index (χ3v) is 5.28. The van der Waals surface area contributed by atoms with E-state index in [2.05, 4.69) is 48.5 Å². The monoisotopic (exact) mass is 345 g/mol. The molecule has 1 aliphatic carbocycles. The summed E-state index contributed by atoms with van der Waals surface area (Å²) in [6.45, 7) is 5.78. The number of rotatable bonds is 4. The minimum Gasteiger partial charge on any atom is -0.356 e. The number of hydrogen-bond acceptors (Lipinski definition) is 3. The van der Waals surface area contributed by atoms with Gasteiger partial charge in [0, 0.05) is 17.5 Å². The van der Waals surface area contributed by atoms with Crippen molar-refractivity contribution in [3.05, 3.63) is 64.3 Å². The lowest BCUT2D eigenvalue weighted by Gasteiger charge is -2.21. The van der Waals surface area contributed by atoms with Gasteiger partial charge in [0.1, 0.15) is 5.78 Å². The number of fused-ring (bicyclic) bond motifs is 3. The molecular formula is C23H23NO2. The molecule has 0 fully saturated rings. The van der Waals surface area contributed by atoms with E-state index in [1.54, 1.807) is 6.92 Å². The van der Waals surface area contributed by atoms with E-state index in [4.69, 9.17) is 4.52 Å². The maximum atomic E-state index is 11.4. The summed E-state index contributed by atoms with van der Waals surface area (Å²) in [7, 11) is 0. The lowest BCUT2D eigenvalue weighted by atomic mass is 9.83. The van der Waals surface area contributed by atoms with Crippen LogP contribution in [0.2, 0.25) is 0 Å². The quantitative estimate of drug-likeness (QED) is 0.660. The highest BCUT2D eigenvalue weighted by atomic mass is 16.5. The molecule has 1 heterocycles. The minimum absolute atomic E-state index is 0.208. The fourth-order valence-electron chi connectivity index (χ4n) is 4.02. The van der Waals surface area contributed by atoms with E-state index >= 15 is 0 Å². The molecule has 0 bridgehead atoms. The highest BCUT2D eigenvalue weighted by Gasteiger charge is 2.19. The van der Waals surface area contributed by atoms with Gasteiger partial charge >= 0.3 is 0 Å². The Bertz CT molecular complexity index is 997. The number of carbonyl (C=O) groups excluding carboxylic acids is 1. The van der Waals surface area contributed by atoms with Crippen molar-refractivity contribution in [2.45, 2.75) is 46.5 Å². The van der Waals surface area contributed by atoms with Gasteiger partial charge in [-0.2, -0.15) is 0 Å². The van der Waals surface area contributed by atoms with Gasteiger partial charge in [-0.15, -0.1) is 0 Å². The van der Waals surface area contributed by atoms with Gasteiger partial charge in [-0.1, -0.05) is 42.4 Å². The molecule has 3 heteroatoms. The predicted octanol–water partition coefficient (Wildman–Crippen LogP) is 5.11. The first-order valence-electron chi connectivity index (χ1n) is 9.27. The van der Waals surface area contributed by atoms with Crippen LogP contribution in [-0.2, 0) is 30.5 Å². The number of Topliss-reactive ketones (excluding diaryl/α,β-unsaturated/α-hetero) is 1. The molecule has 0 saturated heterocycles. The van der Waals surface area contributed by atoms with E-state index in [-0.39, 0.29) is 5.78 Å². The largest absolute Gasteiger partial charge is 0.356 e. The van der Waals surface area contributed by atoms with Crippen LogP contribution in [0, 0.1) is 6.92 Å². The van der Waals surface area contributed by atoms with Crippen molar-refractivity contribution in [1.82, 2.24) is 5.16 Å². The van der Waals surface area contributed by atoms with Crippen LogP contribution in [0.3, 0.4) is 0 Å². The molecule has 132 valence electrons. The smallest absolute Gasteiger partial charge is 0.170 e. The molecule has 0 saturated carbocycles. The number of aromatic nitrogens is 1. The highest BCUT2D eigenvalue weighted by Crippen LogP contribution is 2.37. The lowest BCUT2D eigenvalue weighted by Crippen LogP contribution is -2.06. The second-order valence-corrected chi connectivity index (χ2v) is 7.17. The number of carbonyl (C=O) groups is 1. The van der Waals surface area contributed by atoms with Crippen LogP contribution >= 0.6 is 0 Å². The molecule has 0 atom stereocenters. The van der Waals surface area contributed by atoms with E-state index in [0.29, 0.717) is 6.42 Å². The fraction of sp³-hybridized carbons (Fsp3) is 0.304. The number of aryl methyl sites for hydroxylation is 3. The number of benzene rings is 2. The van der Waals surface area contributed by atoms with Gasteiger partial charge in [0.05, 0.1) is 5.69 Å². The van der Waals surface area contributed by atoms with Crippen LogP contribution in [0.25, 0.3) is 22.5 Å². The summed E-state index contributed by atoms with van der Waals surface area (Å²) in [6, 6.07) is 13.0. The van der Waals surface area contributed by atoms with Crippen molar-refractivity contribution in [3.63, 3.8) is 0 Å². The molecule has 26 heavy (non-hydrogen) atoms. The molecule has 0 N–H and O–H groups in total. The van der Waals surface area contributed by atoms with Gasteiger partial charge in [0.15, 0.2) is 5.76 Å². The molecule has 0 aliphatic heterocycles. The van der Waals surface area contributed by atoms with Gasteiger partial charge in [-0.3, -0.25) is 4.79 Å². The average Bonchev–Trinajstić information content (AvgIpc) is 3.01. The molecule has 1 aliphatic rings. The summed E-state index contributed by atoms with van der Waals surface area (Å²) >= 11 is 0. The molecule has 1 aromatic heterocycles. The van der Waals surface area contributed by atoms with Crippen LogP contribution in [0.4, 0.5) is 0 Å². The third-order valence-electron chi connectivity index (χ3n) is 5.28. The first-order chi connectivity index (χ1) is 12.6. The fourth-order valence-corrected chi connectivity index (χ4v) is 4.02. The normalized spacial score (nSPS) is 12.6. The van der Waals surface area contributed by atoms with Gasteiger partial charge in [0.25, 0.3) is 0 Å². The summed E-state index contributed by atoms with van der Waals surface area (Å²) in [5.74, 6) is 1.11. The van der Waals surface area contributed by atoms with Gasteiger partial charge in [0.2, 0.25) is 0 Å². The zero-order valence-corrected chi connectivity index (χ0v) is 15.6. The molecule has 3 nitrogen and oxygen atoms in total. The van der Waals surface area contributed by atoms with E-state index in [9.17, 15) is 4.79 Å². The van der Waals surface area contributed by atoms with Crippen LogP contribution < -0.4 is 0 Å². The van der Waals surface area contributed by atoms with Crippen LogP contribution in [-0.4, -0.2) is 10.9 Å². The topological polar surface area (TPSA) is 43.1 Å². The molecular weight excluding hydrogens is 322 g/mol. The Morgan fingerprint density at radius 2 is 1.77 bits per heavy atom. The van der Waals surface area contributed by atoms with Gasteiger partial charge < -0.3 is 4.52 Å². The van der Waals surface area contributed by atoms with Crippen molar-refractivity contribution in [3.8, 4) is 22.5 Å². The molecule has 4 rings (SSSR count). The zero-order chi connectivity index (χ0) is 18.3. The Morgan fingerprint density at radius 3 is 2.46 bits per heavy atom. The number of ketones is 1. The van der Waals surface area contributed by atoms with E-state index in [0.717, 1.165) is 41.8 Å². The van der Waals surface area contributed by atoms with Crippen LogP contribution in [0.15, 0.2) is 40.9 Å². The zero-order valence-electron chi connectivity index (χ0n) is 15.6. The second-order valence-electron chi connectivity index (χ2n) is 7.17. The molecule has 0 radical (unpaired) electrons. The number of hydrogen-bond donors (Lipinski definition) is 0. The van der Waals surface area contributed by atoms with E-state index < -0.39 is 0 Å². The van der Waals surface area contributed by atoms with Crippen molar-refractivity contribution in [2.24, 2.45) is 0 Å². The van der Waals surface area contributed by atoms with Crippen molar-refractivity contribution >= 4 is 5.78 Å². The van der Waals surface area contributed by atoms with Crippen molar-refractivity contribution < 1.29 is 9.32 Å². The summed E-state index contributed by atoms with van der Waals surface area (Å²) in [4.78, 5) is 11.4. The Hall–Kier alpha value is -2.68. The molecule has 2 aromatic carbocycles. The summed E-state index contributed by atoms with van der Waals surface area (Å²) in [5, 5.41) is 4.14. The summed E-state index contributed by atoms with van der Waals surface area (Å²) in [5.41, 5.74) is 9.66. The standard InChI is InChI=1S/C23H23NO2/c1-4-20-15(3)24-26-23(20)19-8-10-22-18(13-19)7-6-17-12-16(11-14(2)25)5-9-21(17)22/h5,8-10,12-13H,4,6-7,11H2,1-3H3. The Labute approximate surface area is 154 Å². The predicted molar refractivity (Wildman–Crippen MR) is 103 cm³/mol. The Balaban J connectivity index is 1.74. The highest BCUT2D eigenvalue weighted by molar-refractivity contribution is 5.80. The molecule has 0 amide bonds. The first-order valence-corrected chi connectivity index (χ1v) is 9.27. The minimum atomic E-state index is 0.208. The van der Waals surface area contributed by atoms with Gasteiger partial charge in [-0.25, -0.2) is 0 Å². The van der Waals surface area contributed by atoms with Crippen molar-refractivity contribution in [2.75, 3.05) is 0 Å². The van der Waals surface area contributed by atoms with E-state index in [1.165, 1.54) is 27.8 Å². The first kappa shape index (κ1) is 16.8. The van der Waals surface area contributed by atoms with Gasteiger partial charge in [-0.05, 0) is 67.0 Å². The summed E-state index contributed by atoms with van der Waals surface area (Å²) < 4.78 is 5.60. The second kappa shape index (κ2) is 6.56. The number of nitrogens with zero attached hydrogens (tertiary/aromatic N) is 1. The van der Waals surface area contributed by atoms with Crippen LogP contribution in [0.1, 0.15) is 41.8 Å². The molecule has 0 spiro atoms. The summed E-state index contributed by atoms with van der Waals surface area (Å²) in [6.07, 6.45) is 3.45. The maximum Gasteiger partial charge on any atom is 0.170 e.